The molecule has 1 aromatic rings. The highest BCUT2D eigenvalue weighted by molar-refractivity contribution is 7.16. The van der Waals surface area contributed by atoms with Gasteiger partial charge in [0.1, 0.15) is 0 Å². The van der Waals surface area contributed by atoms with Crippen LogP contribution in [0.3, 0.4) is 0 Å². The molecule has 0 fully saturated rings. The van der Waals surface area contributed by atoms with Crippen molar-refractivity contribution in [3.05, 3.63) is 45.1 Å². The van der Waals surface area contributed by atoms with E-state index in [-0.39, 0.29) is 12.0 Å². The summed E-state index contributed by atoms with van der Waals surface area (Å²) in [5.41, 5.74) is 0.491. The third-order valence-corrected chi connectivity index (χ3v) is 4.51. The SMILES string of the molecule is COC(=O)C(NC(=O)C1=CCC(OC)C=C1)c1ccc(Cl)s1. The van der Waals surface area contributed by atoms with Gasteiger partial charge in [-0.3, -0.25) is 4.79 Å². The van der Waals surface area contributed by atoms with Gasteiger partial charge < -0.3 is 14.8 Å². The van der Waals surface area contributed by atoms with Crippen LogP contribution in [0.25, 0.3) is 0 Å². The predicted octanol–water partition coefficient (Wildman–Crippen LogP) is 2.63. The molecule has 118 valence electrons. The fourth-order valence-corrected chi connectivity index (χ4v) is 3.11. The van der Waals surface area contributed by atoms with Gasteiger partial charge in [-0.2, -0.15) is 0 Å². The maximum Gasteiger partial charge on any atom is 0.333 e. The Balaban J connectivity index is 2.11. The van der Waals surface area contributed by atoms with Crippen molar-refractivity contribution in [2.75, 3.05) is 14.2 Å². The predicted molar refractivity (Wildman–Crippen MR) is 84.9 cm³/mol. The summed E-state index contributed by atoms with van der Waals surface area (Å²) in [5.74, 6) is -0.882. The number of hydrogen-bond acceptors (Lipinski definition) is 5. The van der Waals surface area contributed by atoms with Gasteiger partial charge in [0.05, 0.1) is 17.6 Å². The minimum Gasteiger partial charge on any atom is -0.467 e. The molecule has 1 heterocycles. The van der Waals surface area contributed by atoms with E-state index in [1.54, 1.807) is 31.4 Å². The molecule has 0 saturated carbocycles. The molecule has 0 spiro atoms. The highest BCUT2D eigenvalue weighted by Gasteiger charge is 2.26. The summed E-state index contributed by atoms with van der Waals surface area (Å²) in [7, 11) is 2.89. The van der Waals surface area contributed by atoms with Gasteiger partial charge in [-0.1, -0.05) is 29.8 Å². The number of rotatable bonds is 5. The molecule has 5 nitrogen and oxygen atoms in total. The van der Waals surface area contributed by atoms with E-state index in [2.05, 4.69) is 5.32 Å². The zero-order valence-corrected chi connectivity index (χ0v) is 13.7. The van der Waals surface area contributed by atoms with Crippen molar-refractivity contribution in [1.82, 2.24) is 5.32 Å². The molecule has 1 N–H and O–H groups in total. The Labute approximate surface area is 137 Å². The third-order valence-electron chi connectivity index (χ3n) is 3.22. The van der Waals surface area contributed by atoms with Crippen LogP contribution < -0.4 is 5.32 Å². The smallest absolute Gasteiger partial charge is 0.333 e. The van der Waals surface area contributed by atoms with Gasteiger partial charge in [-0.15, -0.1) is 11.3 Å². The zero-order valence-electron chi connectivity index (χ0n) is 12.2. The van der Waals surface area contributed by atoms with Gasteiger partial charge in [0, 0.05) is 17.6 Å². The number of nitrogens with one attached hydrogen (secondary N) is 1. The lowest BCUT2D eigenvalue weighted by atomic mass is 10.0. The molecule has 0 radical (unpaired) electrons. The Morgan fingerprint density at radius 2 is 2.18 bits per heavy atom. The summed E-state index contributed by atoms with van der Waals surface area (Å²) in [6.45, 7) is 0. The van der Waals surface area contributed by atoms with Crippen LogP contribution >= 0.6 is 22.9 Å². The highest BCUT2D eigenvalue weighted by Crippen LogP contribution is 2.28. The van der Waals surface area contributed by atoms with Gasteiger partial charge in [-0.25, -0.2) is 4.79 Å². The van der Waals surface area contributed by atoms with Crippen LogP contribution in [0.5, 0.6) is 0 Å². The fourth-order valence-electron chi connectivity index (χ4n) is 2.01. The van der Waals surface area contributed by atoms with Crippen LogP contribution in [0.2, 0.25) is 4.34 Å². The van der Waals surface area contributed by atoms with E-state index in [0.717, 1.165) is 0 Å². The first kappa shape index (κ1) is 16.7. The van der Waals surface area contributed by atoms with E-state index in [0.29, 0.717) is 21.2 Å². The Morgan fingerprint density at radius 1 is 1.41 bits per heavy atom. The molecule has 1 amide bonds. The van der Waals surface area contributed by atoms with Gasteiger partial charge in [0.25, 0.3) is 5.91 Å². The van der Waals surface area contributed by atoms with Crippen LogP contribution in [0, 0.1) is 0 Å². The second-order valence-electron chi connectivity index (χ2n) is 4.60. The van der Waals surface area contributed by atoms with E-state index in [4.69, 9.17) is 21.1 Å². The minimum atomic E-state index is -0.871. The maximum absolute atomic E-state index is 12.3. The summed E-state index contributed by atoms with van der Waals surface area (Å²) >= 11 is 7.11. The first-order valence-corrected chi connectivity index (χ1v) is 7.79. The van der Waals surface area contributed by atoms with Gasteiger partial charge in [-0.05, 0) is 18.6 Å². The molecule has 0 bridgehead atoms. The van der Waals surface area contributed by atoms with Crippen LogP contribution in [-0.2, 0) is 19.1 Å². The number of methoxy groups -OCH3 is 2. The van der Waals surface area contributed by atoms with Gasteiger partial charge in [0.15, 0.2) is 6.04 Å². The highest BCUT2D eigenvalue weighted by atomic mass is 35.5. The largest absolute Gasteiger partial charge is 0.467 e. The van der Waals surface area contributed by atoms with Crippen molar-refractivity contribution in [1.29, 1.82) is 0 Å². The van der Waals surface area contributed by atoms with Crippen LogP contribution in [0.4, 0.5) is 0 Å². The quantitative estimate of drug-likeness (QED) is 0.836. The van der Waals surface area contributed by atoms with Crippen molar-refractivity contribution in [2.45, 2.75) is 18.6 Å². The summed E-state index contributed by atoms with van der Waals surface area (Å²) in [4.78, 5) is 24.8. The standard InChI is InChI=1S/C15H16ClNO4S/c1-20-10-5-3-9(4-6-10)14(18)17-13(15(19)21-2)11-7-8-12(16)22-11/h3-5,7-8,10,13H,6H2,1-2H3,(H,17,18). The molecule has 1 aromatic heterocycles. The first-order valence-electron chi connectivity index (χ1n) is 6.60. The van der Waals surface area contributed by atoms with Crippen LogP contribution in [0.1, 0.15) is 17.3 Å². The molecule has 2 unspecified atom stereocenters. The lowest BCUT2D eigenvalue weighted by Gasteiger charge is -2.18. The lowest BCUT2D eigenvalue weighted by Crippen LogP contribution is -2.35. The van der Waals surface area contributed by atoms with E-state index < -0.39 is 12.0 Å². The number of hydrogen-bond donors (Lipinski definition) is 1. The van der Waals surface area contributed by atoms with E-state index in [1.165, 1.54) is 18.4 Å². The molecule has 2 rings (SSSR count). The number of carbonyl (C=O) groups excluding carboxylic acids is 2. The molecule has 22 heavy (non-hydrogen) atoms. The van der Waals surface area contributed by atoms with Crippen LogP contribution in [-0.4, -0.2) is 32.2 Å². The van der Waals surface area contributed by atoms with Crippen molar-refractivity contribution in [3.63, 3.8) is 0 Å². The van der Waals surface area contributed by atoms with Crippen molar-refractivity contribution in [2.24, 2.45) is 0 Å². The fraction of sp³-hybridized carbons (Fsp3) is 0.333. The summed E-state index contributed by atoms with van der Waals surface area (Å²) in [5, 5.41) is 2.68. The van der Waals surface area contributed by atoms with Crippen molar-refractivity contribution < 1.29 is 19.1 Å². The second-order valence-corrected chi connectivity index (χ2v) is 6.35. The van der Waals surface area contributed by atoms with Crippen molar-refractivity contribution >= 4 is 34.8 Å². The lowest BCUT2D eigenvalue weighted by molar-refractivity contribution is -0.144. The molecule has 0 aromatic carbocycles. The molecule has 2 atom stereocenters. The number of halogens is 1. The Kier molecular flexibility index (Phi) is 5.76. The monoisotopic (exact) mass is 341 g/mol. The number of carbonyl (C=O) groups is 2. The Morgan fingerprint density at radius 3 is 2.68 bits per heavy atom. The zero-order chi connectivity index (χ0) is 16.1. The van der Waals surface area contributed by atoms with E-state index in [9.17, 15) is 9.59 Å². The average molecular weight is 342 g/mol. The van der Waals surface area contributed by atoms with E-state index >= 15 is 0 Å². The second kappa shape index (κ2) is 7.58. The molecule has 1 aliphatic rings. The number of thiophene rings is 1. The number of ether oxygens (including phenoxy) is 2. The summed E-state index contributed by atoms with van der Waals surface area (Å²) in [6.07, 6.45) is 5.86. The topological polar surface area (TPSA) is 64.6 Å². The minimum absolute atomic E-state index is 0.0240. The molecule has 0 aliphatic heterocycles. The van der Waals surface area contributed by atoms with Crippen molar-refractivity contribution in [3.8, 4) is 0 Å². The third kappa shape index (κ3) is 3.97. The van der Waals surface area contributed by atoms with Crippen LogP contribution in [0.15, 0.2) is 35.9 Å². The normalized spacial score (nSPS) is 18.5. The number of amides is 1. The average Bonchev–Trinajstić information content (AvgIpc) is 2.97. The number of esters is 1. The van der Waals surface area contributed by atoms with Gasteiger partial charge >= 0.3 is 5.97 Å². The molecule has 1 aliphatic carbocycles. The molecular weight excluding hydrogens is 326 g/mol. The molecule has 7 heteroatoms. The van der Waals surface area contributed by atoms with E-state index in [1.807, 2.05) is 6.08 Å². The summed E-state index contributed by atoms with van der Waals surface area (Å²) in [6, 6.07) is 2.50. The Hall–Kier alpha value is -1.63. The summed E-state index contributed by atoms with van der Waals surface area (Å²) < 4.78 is 10.5. The maximum atomic E-state index is 12.3. The van der Waals surface area contributed by atoms with Gasteiger partial charge in [0.2, 0.25) is 0 Å². The Bertz CT molecular complexity index is 623. The molecular formula is C15H16ClNO4S. The first-order chi connectivity index (χ1) is 10.5. The molecule has 0 saturated heterocycles.